The summed E-state index contributed by atoms with van der Waals surface area (Å²) in [6.45, 7) is 18.9. The highest BCUT2D eigenvalue weighted by atomic mass is 31.2. The zero-order valence-corrected chi connectivity index (χ0v) is 33.5. The summed E-state index contributed by atoms with van der Waals surface area (Å²) in [5.41, 5.74) is 7.13. The van der Waals surface area contributed by atoms with Gasteiger partial charge in [-0.25, -0.2) is 4.98 Å². The van der Waals surface area contributed by atoms with Crippen molar-refractivity contribution in [2.24, 2.45) is 0 Å². The first-order valence-corrected chi connectivity index (χ1v) is 21.5. The summed E-state index contributed by atoms with van der Waals surface area (Å²) >= 11 is 0. The third-order valence-corrected chi connectivity index (χ3v) is 11.0. The number of rotatable bonds is 15. The minimum atomic E-state index is -4.06. The predicted octanol–water partition coefficient (Wildman–Crippen LogP) is 8.50. The first-order chi connectivity index (χ1) is 24.1. The van der Waals surface area contributed by atoms with Crippen molar-refractivity contribution in [1.29, 1.82) is 0 Å². The molecule has 0 aliphatic rings. The molecular weight excluding hydrogens is 698 g/mol. The Labute approximate surface area is 308 Å². The Kier molecular flexibility index (Phi) is 13.0. The third-order valence-electron chi connectivity index (χ3n) is 9.25. The quantitative estimate of drug-likeness (QED) is 0.0647. The van der Waals surface area contributed by atoms with Crippen LogP contribution in [0.15, 0.2) is 60.7 Å². The normalized spacial score (nSPS) is 12.7. The number of imidazole rings is 1. The van der Waals surface area contributed by atoms with Gasteiger partial charge in [-0.1, -0.05) is 65.8 Å². The van der Waals surface area contributed by atoms with Crippen molar-refractivity contribution in [3.05, 3.63) is 71.8 Å². The summed E-state index contributed by atoms with van der Waals surface area (Å²) in [6.07, 6.45) is 0.438. The maximum absolute atomic E-state index is 11.4. The minimum Gasteiger partial charge on any atom is -0.507 e. The molecule has 1 heterocycles. The maximum atomic E-state index is 11.4. The lowest BCUT2D eigenvalue weighted by Gasteiger charge is -2.28. The van der Waals surface area contributed by atoms with E-state index in [4.69, 9.17) is 4.98 Å². The molecule has 1 aromatic heterocycles. The fraction of sp³-hybridized carbons (Fsp3) is 0.462. The lowest BCUT2D eigenvalue weighted by Crippen LogP contribution is -2.24. The number of phenols is 1. The van der Waals surface area contributed by atoms with E-state index in [1.165, 1.54) is 0 Å². The van der Waals surface area contributed by atoms with Crippen LogP contribution in [0.5, 0.6) is 5.75 Å². The predicted molar refractivity (Wildman–Crippen MR) is 213 cm³/mol. The van der Waals surface area contributed by atoms with Crippen LogP contribution < -0.4 is 9.80 Å². The van der Waals surface area contributed by atoms with Gasteiger partial charge in [0.15, 0.2) is 0 Å². The van der Waals surface area contributed by atoms with Gasteiger partial charge in [-0.3, -0.25) is 9.13 Å². The number of aromatic nitrogens is 2. The van der Waals surface area contributed by atoms with Crippen LogP contribution in [0.3, 0.4) is 0 Å². The number of hydrogen-bond acceptors (Lipinski definition) is 6. The van der Waals surface area contributed by atoms with E-state index in [-0.39, 0.29) is 23.2 Å². The highest BCUT2D eigenvalue weighted by molar-refractivity contribution is 7.52. The summed E-state index contributed by atoms with van der Waals surface area (Å²) in [7, 11) is -8.13. The number of nitrogens with one attached hydrogen (secondary N) is 1. The Morgan fingerprint density at radius 1 is 0.654 bits per heavy atom. The minimum absolute atomic E-state index is 0.158. The van der Waals surface area contributed by atoms with E-state index < -0.39 is 15.2 Å². The second kappa shape index (κ2) is 16.3. The van der Waals surface area contributed by atoms with Crippen molar-refractivity contribution in [2.45, 2.75) is 79.1 Å². The number of benzene rings is 3. The van der Waals surface area contributed by atoms with E-state index >= 15 is 0 Å². The summed E-state index contributed by atoms with van der Waals surface area (Å²) < 4.78 is 22.8. The maximum Gasteiger partial charge on any atom is 0.325 e. The number of hydrogen-bond donors (Lipinski definition) is 6. The standard InChI is InChI=1S/C39H56N4O7P2/c1-9-42(21-11-23-51(45,46)47)30-17-13-27(14-18-30)34-35(28-15-19-31(20-16-28)43(10-2)22-12-24-52(48,49)50)41-37(40-34)29-25-32(38(3,4)5)36(44)33(26-29)39(6,7)8/h13-20,25-26,44H,9-12,21-24H2,1-8H3,(H,40,41)(H2,45,46,47)(H2,48,49,50). The molecule has 0 bridgehead atoms. The van der Waals surface area contributed by atoms with Gasteiger partial charge in [0.05, 0.1) is 23.7 Å². The van der Waals surface area contributed by atoms with Gasteiger partial charge in [-0.15, -0.1) is 0 Å². The number of phenolic OH excluding ortho intramolecular Hbond substituents is 1. The molecule has 0 atom stereocenters. The first-order valence-electron chi connectivity index (χ1n) is 17.9. The topological polar surface area (TPSA) is 170 Å². The van der Waals surface area contributed by atoms with Gasteiger partial charge in [0, 0.05) is 65.4 Å². The van der Waals surface area contributed by atoms with Gasteiger partial charge < -0.3 is 39.5 Å². The average Bonchev–Trinajstić information content (AvgIpc) is 3.49. The lowest BCUT2D eigenvalue weighted by atomic mass is 9.78. The molecule has 0 spiro atoms. The second-order valence-corrected chi connectivity index (χ2v) is 19.0. The van der Waals surface area contributed by atoms with Gasteiger partial charge in [-0.05, 0) is 73.9 Å². The molecule has 0 aliphatic carbocycles. The fourth-order valence-corrected chi connectivity index (χ4v) is 7.49. The van der Waals surface area contributed by atoms with E-state index in [0.717, 1.165) is 50.6 Å². The molecule has 11 nitrogen and oxygen atoms in total. The number of nitrogens with zero attached hydrogens (tertiary/aromatic N) is 3. The van der Waals surface area contributed by atoms with Crippen LogP contribution >= 0.6 is 15.2 Å². The van der Waals surface area contributed by atoms with Gasteiger partial charge in [0.2, 0.25) is 0 Å². The molecule has 0 aliphatic heterocycles. The Morgan fingerprint density at radius 3 is 1.42 bits per heavy atom. The summed E-state index contributed by atoms with van der Waals surface area (Å²) in [6, 6.07) is 20.1. The number of anilines is 2. The molecule has 0 fully saturated rings. The molecule has 4 rings (SSSR count). The van der Waals surface area contributed by atoms with Crippen molar-refractivity contribution in [3.63, 3.8) is 0 Å². The summed E-state index contributed by atoms with van der Waals surface area (Å²) in [5, 5.41) is 11.4. The SMILES string of the molecule is CCN(CCCP(=O)(O)O)c1ccc(-c2nc(-c3cc(C(C)(C)C)c(O)c(C(C)(C)C)c3)[nH]c2-c2ccc(N(CC)CCCP(=O)(O)O)cc2)cc1. The number of aromatic amines is 1. The monoisotopic (exact) mass is 754 g/mol. The number of aromatic hydroxyl groups is 1. The smallest absolute Gasteiger partial charge is 0.325 e. The van der Waals surface area contributed by atoms with E-state index in [1.807, 2.05) is 74.5 Å². The first kappa shape index (κ1) is 41.3. The van der Waals surface area contributed by atoms with E-state index in [2.05, 4.69) is 56.3 Å². The summed E-state index contributed by atoms with van der Waals surface area (Å²) in [5.74, 6) is 0.957. The van der Waals surface area contributed by atoms with Gasteiger partial charge in [0.25, 0.3) is 0 Å². The van der Waals surface area contributed by atoms with Gasteiger partial charge >= 0.3 is 15.2 Å². The number of H-pyrrole nitrogens is 1. The van der Waals surface area contributed by atoms with E-state index in [1.54, 1.807) is 0 Å². The molecule has 6 N–H and O–H groups in total. The highest BCUT2D eigenvalue weighted by Crippen LogP contribution is 2.43. The molecule has 0 radical (unpaired) electrons. The van der Waals surface area contributed by atoms with E-state index in [0.29, 0.717) is 50.6 Å². The van der Waals surface area contributed by atoms with E-state index in [9.17, 15) is 33.8 Å². The van der Waals surface area contributed by atoms with Gasteiger partial charge in [-0.2, -0.15) is 0 Å². The van der Waals surface area contributed by atoms with Crippen molar-refractivity contribution < 1.29 is 33.8 Å². The zero-order valence-electron chi connectivity index (χ0n) is 31.7. The zero-order chi connectivity index (χ0) is 38.6. The Morgan fingerprint density at radius 2 is 1.06 bits per heavy atom. The van der Waals surface area contributed by atoms with Gasteiger partial charge in [0.1, 0.15) is 11.6 Å². The van der Waals surface area contributed by atoms with Crippen molar-refractivity contribution in [3.8, 4) is 39.7 Å². The Bertz CT molecular complexity index is 1770. The van der Waals surface area contributed by atoms with Crippen molar-refractivity contribution in [1.82, 2.24) is 9.97 Å². The van der Waals surface area contributed by atoms with Crippen LogP contribution in [-0.4, -0.2) is 73.2 Å². The van der Waals surface area contributed by atoms with Crippen LogP contribution in [0.25, 0.3) is 33.9 Å². The van der Waals surface area contributed by atoms with Crippen molar-refractivity contribution in [2.75, 3.05) is 48.3 Å². The third kappa shape index (κ3) is 10.8. The Hall–Kier alpha value is -3.43. The van der Waals surface area contributed by atoms with Crippen LogP contribution in [0.1, 0.15) is 79.4 Å². The molecule has 0 saturated carbocycles. The molecular formula is C39H56N4O7P2. The second-order valence-electron chi connectivity index (χ2n) is 15.5. The Balaban J connectivity index is 1.80. The summed E-state index contributed by atoms with van der Waals surface area (Å²) in [4.78, 5) is 50.3. The molecule has 52 heavy (non-hydrogen) atoms. The lowest BCUT2D eigenvalue weighted by molar-refractivity contribution is 0.369. The fourth-order valence-electron chi connectivity index (χ4n) is 6.39. The molecule has 0 unspecified atom stereocenters. The highest BCUT2D eigenvalue weighted by Gasteiger charge is 2.28. The largest absolute Gasteiger partial charge is 0.507 e. The van der Waals surface area contributed by atoms with Crippen LogP contribution in [0.2, 0.25) is 0 Å². The molecule has 3 aromatic carbocycles. The molecule has 0 amide bonds. The molecule has 4 aromatic rings. The molecule has 13 heteroatoms. The van der Waals surface area contributed by atoms with Crippen molar-refractivity contribution >= 4 is 26.6 Å². The molecule has 284 valence electrons. The van der Waals surface area contributed by atoms with Crippen LogP contribution in [-0.2, 0) is 20.0 Å². The average molecular weight is 755 g/mol. The molecule has 0 saturated heterocycles. The van der Waals surface area contributed by atoms with Crippen LogP contribution in [0, 0.1) is 0 Å². The van der Waals surface area contributed by atoms with Crippen LogP contribution in [0.4, 0.5) is 11.4 Å².